The number of rotatable bonds is 6. The van der Waals surface area contributed by atoms with Crippen LogP contribution in [0.3, 0.4) is 0 Å². The lowest BCUT2D eigenvalue weighted by Crippen LogP contribution is -2.19. The van der Waals surface area contributed by atoms with Crippen molar-refractivity contribution in [3.8, 4) is 5.75 Å². The molecule has 156 valence electrons. The highest BCUT2D eigenvalue weighted by Crippen LogP contribution is 2.26. The van der Waals surface area contributed by atoms with Crippen molar-refractivity contribution >= 4 is 28.2 Å². The van der Waals surface area contributed by atoms with E-state index in [-0.39, 0.29) is 17.6 Å². The van der Waals surface area contributed by atoms with Crippen LogP contribution in [0.25, 0.3) is 10.8 Å². The second-order valence-electron chi connectivity index (χ2n) is 7.45. The third kappa shape index (κ3) is 4.19. The lowest BCUT2D eigenvalue weighted by Gasteiger charge is -2.14. The number of methoxy groups -OCH3 is 1. The van der Waals surface area contributed by atoms with Gasteiger partial charge in [0.1, 0.15) is 5.75 Å². The van der Waals surface area contributed by atoms with Crippen LogP contribution in [0.5, 0.6) is 5.75 Å². The summed E-state index contributed by atoms with van der Waals surface area (Å²) < 4.78 is 6.94. The van der Waals surface area contributed by atoms with Crippen molar-refractivity contribution in [3.63, 3.8) is 0 Å². The number of ketones is 1. The van der Waals surface area contributed by atoms with Crippen LogP contribution in [-0.2, 0) is 11.8 Å². The molecule has 0 saturated heterocycles. The van der Waals surface area contributed by atoms with E-state index in [0.29, 0.717) is 17.1 Å². The zero-order valence-corrected chi connectivity index (χ0v) is 17.6. The lowest BCUT2D eigenvalue weighted by atomic mass is 9.97. The van der Waals surface area contributed by atoms with Gasteiger partial charge in [-0.1, -0.05) is 24.3 Å². The number of aromatic nitrogens is 2. The Morgan fingerprint density at radius 1 is 1.00 bits per heavy atom. The third-order valence-corrected chi connectivity index (χ3v) is 5.40. The Balaban J connectivity index is 1.47. The number of carbonyl (C=O) groups is 2. The SMILES string of the molecule is COc1ccc2cc([C@H](C)C(=O)Nc3ccc(C(=O)c4nccn4C)cc3)ccc2c1. The summed E-state index contributed by atoms with van der Waals surface area (Å²) in [6.07, 6.45) is 3.32. The van der Waals surface area contributed by atoms with Gasteiger partial charge < -0.3 is 14.6 Å². The molecule has 0 saturated carbocycles. The molecule has 0 aliphatic carbocycles. The average Bonchev–Trinajstić information content (AvgIpc) is 3.23. The molecule has 4 aromatic rings. The molecular formula is C25H23N3O3. The van der Waals surface area contributed by atoms with Gasteiger partial charge in [0.2, 0.25) is 11.7 Å². The molecule has 1 atom stereocenters. The number of ether oxygens (including phenoxy) is 1. The second-order valence-corrected chi connectivity index (χ2v) is 7.45. The summed E-state index contributed by atoms with van der Waals surface area (Å²) in [5, 5.41) is 5.04. The van der Waals surface area contributed by atoms with Crippen LogP contribution in [0.2, 0.25) is 0 Å². The molecule has 1 heterocycles. The van der Waals surface area contributed by atoms with Gasteiger partial charge in [-0.05, 0) is 59.7 Å². The summed E-state index contributed by atoms with van der Waals surface area (Å²) in [4.78, 5) is 29.4. The molecule has 0 bridgehead atoms. The molecule has 3 aromatic carbocycles. The fourth-order valence-corrected chi connectivity index (χ4v) is 3.46. The second kappa shape index (κ2) is 8.44. The van der Waals surface area contributed by atoms with Crippen molar-refractivity contribution in [1.29, 1.82) is 0 Å². The van der Waals surface area contributed by atoms with Gasteiger partial charge in [0.15, 0.2) is 5.82 Å². The Kier molecular flexibility index (Phi) is 5.54. The first kappa shape index (κ1) is 20.3. The lowest BCUT2D eigenvalue weighted by molar-refractivity contribution is -0.117. The standard InChI is InChI=1S/C25H23N3O3/c1-16(18-4-5-20-15-22(31-3)11-8-19(20)14-18)25(30)27-21-9-6-17(7-10-21)23(29)24-26-12-13-28(24)2/h4-16H,1-3H3,(H,27,30)/t16-/m0/s1. The van der Waals surface area contributed by atoms with Gasteiger partial charge in [0.25, 0.3) is 0 Å². The highest BCUT2D eigenvalue weighted by molar-refractivity contribution is 6.07. The first-order valence-electron chi connectivity index (χ1n) is 9.97. The Labute approximate surface area is 180 Å². The number of imidazole rings is 1. The van der Waals surface area contributed by atoms with Gasteiger partial charge in [-0.3, -0.25) is 9.59 Å². The van der Waals surface area contributed by atoms with Gasteiger partial charge in [-0.2, -0.15) is 0 Å². The number of anilines is 1. The maximum absolute atomic E-state index is 12.8. The topological polar surface area (TPSA) is 73.2 Å². The maximum Gasteiger partial charge on any atom is 0.231 e. The summed E-state index contributed by atoms with van der Waals surface area (Å²) in [6.45, 7) is 1.87. The minimum atomic E-state index is -0.333. The van der Waals surface area contributed by atoms with Crippen molar-refractivity contribution in [2.45, 2.75) is 12.8 Å². The molecule has 0 fully saturated rings. The predicted molar refractivity (Wildman–Crippen MR) is 121 cm³/mol. The molecule has 6 nitrogen and oxygen atoms in total. The molecule has 4 rings (SSSR count). The number of nitrogens with zero attached hydrogens (tertiary/aromatic N) is 2. The summed E-state index contributed by atoms with van der Waals surface area (Å²) in [6, 6.07) is 18.7. The van der Waals surface area contributed by atoms with E-state index in [1.54, 1.807) is 55.4 Å². The van der Waals surface area contributed by atoms with Crippen molar-refractivity contribution in [1.82, 2.24) is 9.55 Å². The molecular weight excluding hydrogens is 390 g/mol. The molecule has 0 spiro atoms. The quantitative estimate of drug-likeness (QED) is 0.471. The average molecular weight is 413 g/mol. The zero-order valence-electron chi connectivity index (χ0n) is 17.6. The molecule has 1 aromatic heterocycles. The number of hydrogen-bond acceptors (Lipinski definition) is 4. The van der Waals surface area contributed by atoms with Crippen molar-refractivity contribution in [2.24, 2.45) is 7.05 Å². The van der Waals surface area contributed by atoms with Gasteiger partial charge >= 0.3 is 0 Å². The number of carbonyl (C=O) groups excluding carboxylic acids is 2. The van der Waals surface area contributed by atoms with Crippen molar-refractivity contribution < 1.29 is 14.3 Å². The molecule has 6 heteroatoms. The summed E-state index contributed by atoms with van der Waals surface area (Å²) in [5.74, 6) is 0.568. The van der Waals surface area contributed by atoms with Crippen LogP contribution in [0.4, 0.5) is 5.69 Å². The highest BCUT2D eigenvalue weighted by atomic mass is 16.5. The number of aryl methyl sites for hydroxylation is 1. The molecule has 0 radical (unpaired) electrons. The first-order chi connectivity index (χ1) is 15.0. The monoisotopic (exact) mass is 413 g/mol. The number of nitrogens with one attached hydrogen (secondary N) is 1. The fourth-order valence-electron chi connectivity index (χ4n) is 3.46. The minimum absolute atomic E-state index is 0.115. The molecule has 0 unspecified atom stereocenters. The fraction of sp³-hybridized carbons (Fsp3) is 0.160. The van der Waals surface area contributed by atoms with Gasteiger partial charge in [0, 0.05) is 30.7 Å². The zero-order chi connectivity index (χ0) is 22.0. The first-order valence-corrected chi connectivity index (χ1v) is 9.97. The van der Waals surface area contributed by atoms with Crippen LogP contribution < -0.4 is 10.1 Å². The van der Waals surface area contributed by atoms with Gasteiger partial charge in [-0.15, -0.1) is 0 Å². The predicted octanol–water partition coefficient (Wildman–Crippen LogP) is 4.56. The number of amides is 1. The molecule has 1 N–H and O–H groups in total. The Bertz CT molecular complexity index is 1260. The van der Waals surface area contributed by atoms with Gasteiger partial charge in [-0.25, -0.2) is 4.98 Å². The number of fused-ring (bicyclic) bond motifs is 1. The van der Waals surface area contributed by atoms with Crippen LogP contribution in [0.15, 0.2) is 73.1 Å². The van der Waals surface area contributed by atoms with Crippen LogP contribution in [0, 0.1) is 0 Å². The Hall–Kier alpha value is -3.93. The van der Waals surface area contributed by atoms with E-state index >= 15 is 0 Å². The molecule has 31 heavy (non-hydrogen) atoms. The maximum atomic E-state index is 12.8. The molecule has 0 aliphatic heterocycles. The van der Waals surface area contributed by atoms with E-state index in [0.717, 1.165) is 22.1 Å². The van der Waals surface area contributed by atoms with Crippen LogP contribution in [-0.4, -0.2) is 28.4 Å². The molecule has 0 aliphatic rings. The number of benzene rings is 3. The Morgan fingerprint density at radius 2 is 1.71 bits per heavy atom. The highest BCUT2D eigenvalue weighted by Gasteiger charge is 2.17. The van der Waals surface area contributed by atoms with Crippen molar-refractivity contribution in [2.75, 3.05) is 12.4 Å². The smallest absolute Gasteiger partial charge is 0.231 e. The van der Waals surface area contributed by atoms with Crippen molar-refractivity contribution in [3.05, 3.63) is 90.0 Å². The van der Waals surface area contributed by atoms with E-state index in [1.165, 1.54) is 0 Å². The van der Waals surface area contributed by atoms with Gasteiger partial charge in [0.05, 0.1) is 13.0 Å². The van der Waals surface area contributed by atoms with E-state index in [1.807, 2.05) is 43.3 Å². The van der Waals surface area contributed by atoms with E-state index in [9.17, 15) is 9.59 Å². The normalized spacial score (nSPS) is 11.8. The largest absolute Gasteiger partial charge is 0.497 e. The third-order valence-electron chi connectivity index (χ3n) is 5.40. The van der Waals surface area contributed by atoms with E-state index in [2.05, 4.69) is 10.3 Å². The minimum Gasteiger partial charge on any atom is -0.497 e. The van der Waals surface area contributed by atoms with Crippen LogP contribution >= 0.6 is 0 Å². The number of hydrogen-bond donors (Lipinski definition) is 1. The summed E-state index contributed by atoms with van der Waals surface area (Å²) >= 11 is 0. The van der Waals surface area contributed by atoms with E-state index < -0.39 is 0 Å². The summed E-state index contributed by atoms with van der Waals surface area (Å²) in [5.41, 5.74) is 2.08. The molecule has 1 amide bonds. The summed E-state index contributed by atoms with van der Waals surface area (Å²) in [7, 11) is 3.42. The van der Waals surface area contributed by atoms with Crippen LogP contribution in [0.1, 0.15) is 34.6 Å². The van der Waals surface area contributed by atoms with E-state index in [4.69, 9.17) is 4.74 Å². The Morgan fingerprint density at radius 3 is 2.39 bits per heavy atom.